The van der Waals surface area contributed by atoms with Crippen molar-refractivity contribution in [3.05, 3.63) is 61.2 Å². The van der Waals surface area contributed by atoms with Crippen molar-refractivity contribution in [2.45, 2.75) is 87.9 Å². The maximum atomic E-state index is 14.7. The molecule has 230 valence electrons. The van der Waals surface area contributed by atoms with Crippen molar-refractivity contribution in [3.8, 4) is 0 Å². The maximum Gasteiger partial charge on any atom is 0.247 e. The smallest absolute Gasteiger partial charge is 0.247 e. The van der Waals surface area contributed by atoms with E-state index in [0.717, 1.165) is 24.8 Å². The molecule has 2 bridgehead atoms. The molecule has 1 spiro atoms. The topological polar surface area (TPSA) is 81.2 Å². The zero-order valence-electron chi connectivity index (χ0n) is 25.8. The van der Waals surface area contributed by atoms with Crippen LogP contribution in [0.1, 0.15) is 65.4 Å². The van der Waals surface area contributed by atoms with Crippen molar-refractivity contribution < 1.29 is 19.5 Å². The average molecular weight is 596 g/mol. The third-order valence-corrected chi connectivity index (χ3v) is 11.4. The van der Waals surface area contributed by atoms with Gasteiger partial charge >= 0.3 is 0 Å². The van der Waals surface area contributed by atoms with Crippen LogP contribution in [0.4, 0.5) is 0 Å². The molecular weight excluding hydrogens is 546 g/mol. The van der Waals surface area contributed by atoms with Crippen LogP contribution < -0.4 is 0 Å². The van der Waals surface area contributed by atoms with Gasteiger partial charge in [0, 0.05) is 30.9 Å². The van der Waals surface area contributed by atoms with Crippen LogP contribution in [0.5, 0.6) is 0 Å². The van der Waals surface area contributed by atoms with Crippen LogP contribution in [0.2, 0.25) is 0 Å². The summed E-state index contributed by atoms with van der Waals surface area (Å²) in [6, 6.07) is 8.66. The number of aliphatic hydroxyl groups is 1. The highest BCUT2D eigenvalue weighted by Crippen LogP contribution is 2.72. The molecule has 42 heavy (non-hydrogen) atoms. The molecule has 0 saturated carbocycles. The minimum absolute atomic E-state index is 0.0555. The maximum absolute atomic E-state index is 14.7. The number of nitrogens with zero attached hydrogens (tertiary/aromatic N) is 3. The summed E-state index contributed by atoms with van der Waals surface area (Å²) >= 11 is 1.69. The predicted octanol–water partition coefficient (Wildman–Crippen LogP) is 4.90. The quantitative estimate of drug-likeness (QED) is 0.292. The van der Waals surface area contributed by atoms with Crippen LogP contribution in [0.3, 0.4) is 0 Å². The molecule has 3 aliphatic rings. The Labute approximate surface area is 256 Å². The molecule has 1 aromatic rings. The molecular formula is C34H49N3O4S. The van der Waals surface area contributed by atoms with Crippen LogP contribution in [0.25, 0.3) is 0 Å². The molecule has 6 atom stereocenters. The zero-order chi connectivity index (χ0) is 30.7. The number of amides is 3. The first-order valence-electron chi connectivity index (χ1n) is 15.5. The molecule has 4 rings (SSSR count). The SMILES string of the molecule is C=CCN(CCCC)C(=O)C1N([C@@H](CO)CC(C)C)C(=O)[C@@H]2[C@@H](C(=O)N(CC=C)Cc3ccccc3)[C@@]3(C)CCC12S3. The van der Waals surface area contributed by atoms with Gasteiger partial charge in [-0.2, -0.15) is 0 Å². The van der Waals surface area contributed by atoms with Crippen molar-refractivity contribution >= 4 is 29.5 Å². The lowest BCUT2D eigenvalue weighted by molar-refractivity contribution is -0.148. The van der Waals surface area contributed by atoms with E-state index < -0.39 is 33.4 Å². The summed E-state index contributed by atoms with van der Waals surface area (Å²) in [6.45, 7) is 17.7. The number of benzene rings is 1. The highest BCUT2D eigenvalue weighted by molar-refractivity contribution is 8.02. The second-order valence-electron chi connectivity index (χ2n) is 12.9. The van der Waals surface area contributed by atoms with Crippen molar-refractivity contribution in [2.75, 3.05) is 26.2 Å². The van der Waals surface area contributed by atoms with E-state index in [1.54, 1.807) is 28.8 Å². The van der Waals surface area contributed by atoms with Crippen LogP contribution in [-0.2, 0) is 20.9 Å². The van der Waals surface area contributed by atoms with E-state index in [4.69, 9.17) is 0 Å². The number of rotatable bonds is 15. The minimum Gasteiger partial charge on any atom is -0.394 e. The molecule has 3 fully saturated rings. The Morgan fingerprint density at radius 1 is 1.12 bits per heavy atom. The van der Waals surface area contributed by atoms with Gasteiger partial charge in [-0.1, -0.05) is 69.7 Å². The number of hydrogen-bond acceptors (Lipinski definition) is 5. The Morgan fingerprint density at radius 3 is 2.38 bits per heavy atom. The van der Waals surface area contributed by atoms with Gasteiger partial charge in [-0.25, -0.2) is 0 Å². The van der Waals surface area contributed by atoms with Gasteiger partial charge in [-0.15, -0.1) is 24.9 Å². The van der Waals surface area contributed by atoms with Crippen molar-refractivity contribution in [1.82, 2.24) is 14.7 Å². The highest BCUT2D eigenvalue weighted by Gasteiger charge is 2.78. The monoisotopic (exact) mass is 595 g/mol. The van der Waals surface area contributed by atoms with Crippen molar-refractivity contribution in [1.29, 1.82) is 0 Å². The molecule has 1 N–H and O–H groups in total. The van der Waals surface area contributed by atoms with Crippen LogP contribution in [-0.4, -0.2) is 85.3 Å². The predicted molar refractivity (Wildman–Crippen MR) is 170 cm³/mol. The molecule has 3 heterocycles. The molecule has 3 aliphatic heterocycles. The second kappa shape index (κ2) is 13.4. The van der Waals surface area contributed by atoms with E-state index in [2.05, 4.69) is 40.9 Å². The summed E-state index contributed by atoms with van der Waals surface area (Å²) in [7, 11) is 0. The third kappa shape index (κ3) is 5.81. The van der Waals surface area contributed by atoms with E-state index in [0.29, 0.717) is 39.0 Å². The van der Waals surface area contributed by atoms with Gasteiger partial charge in [0.2, 0.25) is 17.7 Å². The zero-order valence-corrected chi connectivity index (χ0v) is 26.7. The largest absolute Gasteiger partial charge is 0.394 e. The summed E-state index contributed by atoms with van der Waals surface area (Å²) in [4.78, 5) is 49.1. The summed E-state index contributed by atoms with van der Waals surface area (Å²) in [5.41, 5.74) is 1.02. The van der Waals surface area contributed by atoms with Gasteiger partial charge in [0.15, 0.2) is 0 Å². The van der Waals surface area contributed by atoms with Gasteiger partial charge in [-0.3, -0.25) is 14.4 Å². The van der Waals surface area contributed by atoms with E-state index >= 15 is 0 Å². The normalized spacial score (nSPS) is 28.6. The Bertz CT molecular complexity index is 1160. The molecule has 0 aliphatic carbocycles. The van der Waals surface area contributed by atoms with Gasteiger partial charge in [-0.05, 0) is 44.1 Å². The standard InChI is InChI=1S/C34H49N3O4S/c1-7-10-20-35(18-8-2)32(41)29-34-17-16-33(6,42-34)27(28(34)31(40)37(29)26(23-38)21-24(4)5)30(39)36(19-9-3)22-25-14-12-11-13-15-25/h8-9,11-15,24,26-29,38H,2-3,7,10,16-23H2,1,4-6H3/t26-,27+,28+,29?,33-,34?/m1/s1. The summed E-state index contributed by atoms with van der Waals surface area (Å²) in [5.74, 6) is -1.26. The van der Waals surface area contributed by atoms with Gasteiger partial charge in [0.1, 0.15) is 6.04 Å². The van der Waals surface area contributed by atoms with Crippen LogP contribution >= 0.6 is 11.8 Å². The first-order valence-corrected chi connectivity index (χ1v) is 16.4. The van der Waals surface area contributed by atoms with E-state index in [-0.39, 0.29) is 30.2 Å². The molecule has 1 aromatic carbocycles. The molecule has 3 saturated heterocycles. The lowest BCUT2D eigenvalue weighted by Gasteiger charge is -2.40. The number of unbranched alkanes of at least 4 members (excludes halogenated alkanes) is 1. The van der Waals surface area contributed by atoms with Crippen LogP contribution in [0.15, 0.2) is 55.6 Å². The number of aliphatic hydroxyl groups excluding tert-OH is 1. The molecule has 7 nitrogen and oxygen atoms in total. The van der Waals surface area contributed by atoms with E-state index in [1.807, 2.05) is 40.1 Å². The van der Waals surface area contributed by atoms with Crippen molar-refractivity contribution in [3.63, 3.8) is 0 Å². The summed E-state index contributed by atoms with van der Waals surface area (Å²) in [5, 5.41) is 10.6. The fourth-order valence-electron chi connectivity index (χ4n) is 7.59. The number of carbonyl (C=O) groups excluding carboxylic acids is 3. The van der Waals surface area contributed by atoms with Crippen LogP contribution in [0, 0.1) is 17.8 Å². The number of hydrogen-bond donors (Lipinski definition) is 1. The van der Waals surface area contributed by atoms with Gasteiger partial charge < -0.3 is 19.8 Å². The molecule has 0 radical (unpaired) electrons. The molecule has 2 unspecified atom stereocenters. The first kappa shape index (κ1) is 32.3. The highest BCUT2D eigenvalue weighted by atomic mass is 32.2. The Hall–Kier alpha value is -2.58. The molecule has 3 amide bonds. The number of thioether (sulfide) groups is 1. The lowest BCUT2D eigenvalue weighted by atomic mass is 9.66. The fraction of sp³-hybridized carbons (Fsp3) is 0.618. The minimum atomic E-state index is -0.727. The second-order valence-corrected chi connectivity index (χ2v) is 14.8. The number of fused-ring (bicyclic) bond motifs is 1. The first-order chi connectivity index (χ1) is 20.1. The number of carbonyl (C=O) groups is 3. The fourth-order valence-corrected chi connectivity index (χ4v) is 9.92. The Kier molecular flexibility index (Phi) is 10.3. The van der Waals surface area contributed by atoms with Crippen molar-refractivity contribution in [2.24, 2.45) is 17.8 Å². The van der Waals surface area contributed by atoms with E-state index in [9.17, 15) is 19.5 Å². The third-order valence-electron chi connectivity index (χ3n) is 9.38. The molecule has 8 heteroatoms. The van der Waals surface area contributed by atoms with E-state index in [1.165, 1.54) is 0 Å². The summed E-state index contributed by atoms with van der Waals surface area (Å²) in [6.07, 6.45) is 7.31. The number of likely N-dealkylation sites (tertiary alicyclic amines) is 1. The lowest BCUT2D eigenvalue weighted by Crippen LogP contribution is -2.57. The summed E-state index contributed by atoms with van der Waals surface area (Å²) < 4.78 is -1.18. The Balaban J connectivity index is 1.79. The molecule has 0 aromatic heterocycles. The van der Waals surface area contributed by atoms with Gasteiger partial charge in [0.05, 0.1) is 29.2 Å². The van der Waals surface area contributed by atoms with Gasteiger partial charge in [0.25, 0.3) is 0 Å². The average Bonchev–Trinajstić information content (AvgIpc) is 3.54. The Morgan fingerprint density at radius 2 is 1.79 bits per heavy atom.